The molecule has 1 saturated heterocycles. The fraction of sp³-hybridized carbons (Fsp3) is 1.00. The summed E-state index contributed by atoms with van der Waals surface area (Å²) in [6, 6.07) is 0. The summed E-state index contributed by atoms with van der Waals surface area (Å²) in [5, 5.41) is 34.5. The Kier molecular flexibility index (Phi) is 14.0. The van der Waals surface area contributed by atoms with Crippen LogP contribution in [0.5, 0.6) is 0 Å². The molecular formula is C39H71N3O4. The lowest BCUT2D eigenvalue weighted by Gasteiger charge is -2.51. The zero-order chi connectivity index (χ0) is 31.7. The van der Waals surface area contributed by atoms with Gasteiger partial charge in [0, 0.05) is 5.92 Å². The fourth-order valence-electron chi connectivity index (χ4n) is 10.4. The van der Waals surface area contributed by atoms with Crippen molar-refractivity contribution in [1.82, 2.24) is 16.0 Å². The normalized spacial score (nSPS) is 42.2. The number of rotatable bonds is 12. The number of aliphatic hydroxyl groups excluding tert-OH is 2. The summed E-state index contributed by atoms with van der Waals surface area (Å²) in [5.74, 6) is 1.59. The van der Waals surface area contributed by atoms with Crippen LogP contribution in [0.15, 0.2) is 0 Å². The van der Waals surface area contributed by atoms with Gasteiger partial charge in [-0.1, -0.05) is 71.1 Å². The molecule has 6 aliphatic rings. The zero-order valence-corrected chi connectivity index (χ0v) is 29.4. The summed E-state index contributed by atoms with van der Waals surface area (Å²) >= 11 is 0. The van der Waals surface area contributed by atoms with Crippen LogP contribution in [0.2, 0.25) is 0 Å². The van der Waals surface area contributed by atoms with Crippen molar-refractivity contribution in [3.8, 4) is 0 Å². The van der Waals surface area contributed by atoms with Gasteiger partial charge in [0.1, 0.15) is 0 Å². The van der Waals surface area contributed by atoms with E-state index in [-0.39, 0.29) is 30.5 Å². The van der Waals surface area contributed by atoms with E-state index < -0.39 is 6.10 Å². The molecule has 0 aromatic rings. The third-order valence-electron chi connectivity index (χ3n) is 13.3. The van der Waals surface area contributed by atoms with Crippen LogP contribution in [0.4, 0.5) is 0 Å². The molecule has 1 heterocycles. The van der Waals surface area contributed by atoms with Crippen LogP contribution in [0.25, 0.3) is 0 Å². The molecular weight excluding hydrogens is 574 g/mol. The van der Waals surface area contributed by atoms with Crippen molar-refractivity contribution in [1.29, 1.82) is 0 Å². The van der Waals surface area contributed by atoms with Gasteiger partial charge in [0.15, 0.2) is 0 Å². The average molecular weight is 646 g/mol. The lowest BCUT2D eigenvalue weighted by molar-refractivity contribution is -0.0761. The second-order valence-corrected chi connectivity index (χ2v) is 16.7. The molecule has 0 spiro atoms. The smallest absolute Gasteiger partial charge is 0.0649 e. The van der Waals surface area contributed by atoms with Crippen molar-refractivity contribution in [3.63, 3.8) is 0 Å². The Bertz CT molecular complexity index is 802. The van der Waals surface area contributed by atoms with Crippen LogP contribution in [0.1, 0.15) is 167 Å². The van der Waals surface area contributed by atoms with Crippen molar-refractivity contribution in [2.24, 2.45) is 23.7 Å². The van der Waals surface area contributed by atoms with Gasteiger partial charge in [-0.25, -0.2) is 0 Å². The second kappa shape index (κ2) is 18.1. The van der Waals surface area contributed by atoms with E-state index in [2.05, 4.69) is 22.9 Å². The minimum atomic E-state index is -0.467. The van der Waals surface area contributed by atoms with Crippen LogP contribution in [-0.4, -0.2) is 65.3 Å². The molecule has 46 heavy (non-hydrogen) atoms. The monoisotopic (exact) mass is 646 g/mol. The Balaban J connectivity index is 1.07. The van der Waals surface area contributed by atoms with Gasteiger partial charge in [-0.05, 0) is 114 Å². The molecule has 5 aliphatic carbocycles. The van der Waals surface area contributed by atoms with Gasteiger partial charge < -0.3 is 19.7 Å². The summed E-state index contributed by atoms with van der Waals surface area (Å²) in [6.45, 7) is 2.26. The number of unbranched alkanes of at least 4 members (excludes halogenated alkanes) is 3. The lowest BCUT2D eigenvalue weighted by atomic mass is 9.73. The number of aliphatic hydroxyl groups is 2. The van der Waals surface area contributed by atoms with Crippen molar-refractivity contribution >= 4 is 0 Å². The van der Waals surface area contributed by atoms with Crippen molar-refractivity contribution < 1.29 is 19.7 Å². The third kappa shape index (κ3) is 9.91. The van der Waals surface area contributed by atoms with Crippen LogP contribution in [0, 0.1) is 23.7 Å². The van der Waals surface area contributed by atoms with Gasteiger partial charge in [0.25, 0.3) is 0 Å². The second-order valence-electron chi connectivity index (χ2n) is 16.7. The maximum Gasteiger partial charge on any atom is 0.0649 e. The molecule has 0 bridgehead atoms. The topological polar surface area (TPSA) is 95.0 Å². The molecule has 7 nitrogen and oxygen atoms in total. The van der Waals surface area contributed by atoms with Crippen LogP contribution >= 0.6 is 0 Å². The van der Waals surface area contributed by atoms with Crippen LogP contribution in [-0.2, 0) is 9.47 Å². The Morgan fingerprint density at radius 3 is 1.48 bits per heavy atom. The first-order chi connectivity index (χ1) is 22.6. The SMILES string of the molecule is CCCCCCC1CC(C2NC(C3CCC(OC4CCCCC4)CC3)NC(C3CCC(OC4CCCCC4)CC3)N2)C(O)CC1O. The molecule has 0 radical (unpaired) electrons. The van der Waals surface area contributed by atoms with E-state index in [0.717, 1.165) is 12.8 Å². The van der Waals surface area contributed by atoms with E-state index in [1.54, 1.807) is 0 Å². The average Bonchev–Trinajstić information content (AvgIpc) is 3.09. The molecule has 6 fully saturated rings. The van der Waals surface area contributed by atoms with Crippen molar-refractivity contribution in [2.45, 2.75) is 223 Å². The fourth-order valence-corrected chi connectivity index (χ4v) is 10.4. The van der Waals surface area contributed by atoms with Crippen molar-refractivity contribution in [3.05, 3.63) is 0 Å². The van der Waals surface area contributed by atoms with E-state index in [9.17, 15) is 10.2 Å². The molecule has 6 rings (SSSR count). The maximum absolute atomic E-state index is 11.4. The van der Waals surface area contributed by atoms with E-state index in [4.69, 9.17) is 9.47 Å². The van der Waals surface area contributed by atoms with Gasteiger partial charge in [-0.2, -0.15) is 0 Å². The summed E-state index contributed by atoms with van der Waals surface area (Å²) in [5.41, 5.74) is 0. The van der Waals surface area contributed by atoms with E-state index in [0.29, 0.717) is 48.6 Å². The van der Waals surface area contributed by atoms with Gasteiger partial charge in [0.2, 0.25) is 0 Å². The third-order valence-corrected chi connectivity index (χ3v) is 13.3. The van der Waals surface area contributed by atoms with Gasteiger partial charge in [0.05, 0.1) is 55.1 Å². The van der Waals surface area contributed by atoms with Crippen molar-refractivity contribution in [2.75, 3.05) is 0 Å². The summed E-state index contributed by atoms with van der Waals surface area (Å²) < 4.78 is 13.3. The molecule has 266 valence electrons. The first kappa shape index (κ1) is 35.5. The highest BCUT2D eigenvalue weighted by Crippen LogP contribution is 2.39. The lowest BCUT2D eigenvalue weighted by Crippen LogP contribution is -2.73. The molecule has 0 amide bonds. The molecule has 1 aliphatic heterocycles. The predicted octanol–water partition coefficient (Wildman–Crippen LogP) is 7.28. The van der Waals surface area contributed by atoms with E-state index >= 15 is 0 Å². The Hall–Kier alpha value is -0.280. The van der Waals surface area contributed by atoms with Gasteiger partial charge in [-0.3, -0.25) is 16.0 Å². The summed E-state index contributed by atoms with van der Waals surface area (Å²) in [6.07, 6.45) is 31.7. The molecule has 5 N–H and O–H groups in total. The first-order valence-corrected chi connectivity index (χ1v) is 20.5. The first-order valence-electron chi connectivity index (χ1n) is 20.5. The van der Waals surface area contributed by atoms with E-state index in [1.165, 1.54) is 141 Å². The number of hydrogen-bond acceptors (Lipinski definition) is 7. The molecule has 0 aromatic carbocycles. The number of nitrogens with one attached hydrogen (secondary N) is 3. The number of hydrogen-bond donors (Lipinski definition) is 5. The molecule has 6 atom stereocenters. The largest absolute Gasteiger partial charge is 0.393 e. The van der Waals surface area contributed by atoms with Crippen LogP contribution < -0.4 is 16.0 Å². The van der Waals surface area contributed by atoms with Crippen LogP contribution in [0.3, 0.4) is 0 Å². The predicted molar refractivity (Wildman–Crippen MR) is 185 cm³/mol. The summed E-state index contributed by atoms with van der Waals surface area (Å²) in [4.78, 5) is 0. The minimum absolute atomic E-state index is 0.0734. The standard InChI is InChI=1S/C39H71N3O4/c1-2-3-4-7-12-29-25-34(36(44)26-35(29)43)39-41-37(27-17-21-32(22-18-27)45-30-13-8-5-9-14-30)40-38(42-39)28-19-23-33(24-20-28)46-31-15-10-6-11-16-31/h27-44H,2-26H2,1H3. The molecule has 5 saturated carbocycles. The van der Waals surface area contributed by atoms with Gasteiger partial charge in [-0.15, -0.1) is 0 Å². The molecule has 6 unspecified atom stereocenters. The Labute approximate surface area is 281 Å². The molecule has 7 heteroatoms. The minimum Gasteiger partial charge on any atom is -0.393 e. The Morgan fingerprint density at radius 2 is 0.978 bits per heavy atom. The molecule has 0 aromatic heterocycles. The quantitative estimate of drug-likeness (QED) is 0.142. The van der Waals surface area contributed by atoms with Gasteiger partial charge >= 0.3 is 0 Å². The summed E-state index contributed by atoms with van der Waals surface area (Å²) in [7, 11) is 0. The Morgan fingerprint density at radius 1 is 0.500 bits per heavy atom. The van der Waals surface area contributed by atoms with E-state index in [1.807, 2.05) is 0 Å². The highest BCUT2D eigenvalue weighted by molar-refractivity contribution is 4.98. The highest BCUT2D eigenvalue weighted by Gasteiger charge is 2.45. The highest BCUT2D eigenvalue weighted by atomic mass is 16.5. The number of ether oxygens (including phenoxy) is 2. The zero-order valence-electron chi connectivity index (χ0n) is 29.4. The maximum atomic E-state index is 11.4.